The van der Waals surface area contributed by atoms with Gasteiger partial charge in [0.05, 0.1) is 23.0 Å². The second-order valence-corrected chi connectivity index (χ2v) is 7.96. The second-order valence-electron chi connectivity index (χ2n) is 6.61. The molecule has 31 heavy (non-hydrogen) atoms. The first-order valence-corrected chi connectivity index (χ1v) is 11.0. The van der Waals surface area contributed by atoms with Crippen LogP contribution in [0.4, 0.5) is 11.4 Å². The number of nitrogens with zero attached hydrogens (tertiary/aromatic N) is 3. The highest BCUT2D eigenvalue weighted by Crippen LogP contribution is 2.25. The van der Waals surface area contributed by atoms with Crippen molar-refractivity contribution in [1.29, 1.82) is 0 Å². The Morgan fingerprint density at radius 2 is 1.58 bits per heavy atom. The zero-order chi connectivity index (χ0) is 21.5. The molecule has 3 aromatic carbocycles. The quantitative estimate of drug-likeness (QED) is 0.359. The molecule has 0 atom stereocenters. The Balaban J connectivity index is 1.51. The molecule has 1 amide bonds. The van der Waals surface area contributed by atoms with Gasteiger partial charge in [-0.15, -0.1) is 10.2 Å². The first kappa shape index (κ1) is 21.0. The van der Waals surface area contributed by atoms with E-state index in [-0.39, 0.29) is 11.7 Å². The average molecular weight is 450 g/mol. The van der Waals surface area contributed by atoms with Crippen LogP contribution in [0.25, 0.3) is 5.69 Å². The summed E-state index contributed by atoms with van der Waals surface area (Å²) in [5.41, 5.74) is 2.51. The summed E-state index contributed by atoms with van der Waals surface area (Å²) < 4.78 is 1.95. The Labute approximate surface area is 189 Å². The molecule has 4 rings (SSSR count). The minimum Gasteiger partial charge on any atom is -0.377 e. The monoisotopic (exact) mass is 449 g/mol. The lowest BCUT2D eigenvalue weighted by atomic mass is 10.3. The lowest BCUT2D eigenvalue weighted by molar-refractivity contribution is -0.113. The number of carbonyl (C=O) groups excluding carboxylic acids is 1. The molecule has 4 aromatic rings. The molecule has 0 fully saturated rings. The number of carbonyl (C=O) groups is 1. The highest BCUT2D eigenvalue weighted by atomic mass is 35.5. The van der Waals surface area contributed by atoms with Crippen molar-refractivity contribution in [2.75, 3.05) is 16.4 Å². The lowest BCUT2D eigenvalue weighted by Crippen LogP contribution is -2.14. The van der Waals surface area contributed by atoms with Gasteiger partial charge in [0.2, 0.25) is 5.91 Å². The zero-order valence-corrected chi connectivity index (χ0v) is 18.1. The summed E-state index contributed by atoms with van der Waals surface area (Å²) in [6.07, 6.45) is 0. The molecule has 8 heteroatoms. The van der Waals surface area contributed by atoms with Crippen molar-refractivity contribution in [3.05, 3.63) is 95.8 Å². The third-order valence-electron chi connectivity index (χ3n) is 4.42. The highest BCUT2D eigenvalue weighted by molar-refractivity contribution is 7.99. The van der Waals surface area contributed by atoms with Crippen LogP contribution in [0.15, 0.2) is 90.1 Å². The molecule has 156 valence electrons. The van der Waals surface area contributed by atoms with E-state index in [1.54, 1.807) is 0 Å². The first-order valence-electron chi connectivity index (χ1n) is 9.66. The standard InChI is InChI=1S/C23H20ClN5OS/c24-19-13-7-8-14-20(19)25-15-21-27-28-23(29(21)18-11-5-2-6-12-18)31-16-22(30)26-17-9-3-1-4-10-17/h1-14,25H,15-16H2,(H,26,30). The maximum absolute atomic E-state index is 12.4. The van der Waals surface area contributed by atoms with Gasteiger partial charge < -0.3 is 10.6 Å². The fourth-order valence-corrected chi connectivity index (χ4v) is 3.95. The largest absolute Gasteiger partial charge is 0.377 e. The molecule has 0 aliphatic rings. The van der Waals surface area contributed by atoms with Gasteiger partial charge in [0.25, 0.3) is 0 Å². The average Bonchev–Trinajstić information content (AvgIpc) is 3.21. The van der Waals surface area contributed by atoms with Crippen molar-refractivity contribution in [2.45, 2.75) is 11.7 Å². The van der Waals surface area contributed by atoms with Crippen LogP contribution in [0.2, 0.25) is 5.02 Å². The van der Waals surface area contributed by atoms with Crippen molar-refractivity contribution in [3.63, 3.8) is 0 Å². The number of nitrogens with one attached hydrogen (secondary N) is 2. The number of anilines is 2. The van der Waals surface area contributed by atoms with Crippen LogP contribution in [-0.4, -0.2) is 26.4 Å². The number of thioether (sulfide) groups is 1. The van der Waals surface area contributed by atoms with E-state index in [1.807, 2.05) is 89.5 Å². The predicted molar refractivity (Wildman–Crippen MR) is 126 cm³/mol. The second kappa shape index (κ2) is 10.1. The number of amides is 1. The summed E-state index contributed by atoms with van der Waals surface area (Å²) >= 11 is 7.59. The number of hydrogen-bond donors (Lipinski definition) is 2. The van der Waals surface area contributed by atoms with Gasteiger partial charge in [-0.1, -0.05) is 71.9 Å². The third-order valence-corrected chi connectivity index (χ3v) is 5.67. The van der Waals surface area contributed by atoms with Gasteiger partial charge in [-0.05, 0) is 36.4 Å². The lowest BCUT2D eigenvalue weighted by Gasteiger charge is -2.12. The van der Waals surface area contributed by atoms with Crippen molar-refractivity contribution in [2.24, 2.45) is 0 Å². The van der Waals surface area contributed by atoms with Crippen LogP contribution < -0.4 is 10.6 Å². The summed E-state index contributed by atoms with van der Waals surface area (Å²) in [5, 5.41) is 16.2. The van der Waals surface area contributed by atoms with Crippen LogP contribution in [0.5, 0.6) is 0 Å². The summed E-state index contributed by atoms with van der Waals surface area (Å²) in [7, 11) is 0. The van der Waals surface area contributed by atoms with Crippen LogP contribution >= 0.6 is 23.4 Å². The number of para-hydroxylation sites is 3. The fraction of sp³-hybridized carbons (Fsp3) is 0.0870. The number of halogens is 1. The molecule has 0 saturated carbocycles. The SMILES string of the molecule is O=C(CSc1nnc(CNc2ccccc2Cl)n1-c1ccccc1)Nc1ccccc1. The van der Waals surface area contributed by atoms with E-state index in [1.165, 1.54) is 11.8 Å². The molecule has 6 nitrogen and oxygen atoms in total. The molecule has 0 bridgehead atoms. The normalized spacial score (nSPS) is 10.6. The van der Waals surface area contributed by atoms with Gasteiger partial charge in [-0.3, -0.25) is 9.36 Å². The molecule has 2 N–H and O–H groups in total. The van der Waals surface area contributed by atoms with E-state index in [0.717, 1.165) is 22.9 Å². The molecule has 1 aromatic heterocycles. The van der Waals surface area contributed by atoms with E-state index in [9.17, 15) is 4.79 Å². The molecule has 0 aliphatic carbocycles. The van der Waals surface area contributed by atoms with Gasteiger partial charge in [0.1, 0.15) is 0 Å². The fourth-order valence-electron chi connectivity index (χ4n) is 2.97. The molecule has 1 heterocycles. The van der Waals surface area contributed by atoms with E-state index < -0.39 is 0 Å². The number of rotatable bonds is 8. The van der Waals surface area contributed by atoms with Crippen molar-refractivity contribution in [3.8, 4) is 5.69 Å². The number of benzene rings is 3. The van der Waals surface area contributed by atoms with E-state index in [4.69, 9.17) is 11.6 Å². The first-order chi connectivity index (χ1) is 15.2. The number of hydrogen-bond acceptors (Lipinski definition) is 5. The molecule has 0 aliphatic heterocycles. The van der Waals surface area contributed by atoms with Gasteiger partial charge in [0.15, 0.2) is 11.0 Å². The molecule has 0 saturated heterocycles. The Morgan fingerprint density at radius 3 is 2.32 bits per heavy atom. The van der Waals surface area contributed by atoms with Gasteiger partial charge in [-0.25, -0.2) is 0 Å². The van der Waals surface area contributed by atoms with E-state index in [2.05, 4.69) is 20.8 Å². The minimum atomic E-state index is -0.102. The molecule has 0 unspecified atom stereocenters. The number of aromatic nitrogens is 3. The zero-order valence-electron chi connectivity index (χ0n) is 16.5. The van der Waals surface area contributed by atoms with Crippen LogP contribution in [-0.2, 0) is 11.3 Å². The van der Waals surface area contributed by atoms with Crippen molar-refractivity contribution >= 4 is 40.6 Å². The van der Waals surface area contributed by atoms with Crippen LogP contribution in [0.3, 0.4) is 0 Å². The summed E-state index contributed by atoms with van der Waals surface area (Å²) in [6, 6.07) is 26.8. The smallest absolute Gasteiger partial charge is 0.234 e. The van der Waals surface area contributed by atoms with Gasteiger partial charge >= 0.3 is 0 Å². The van der Waals surface area contributed by atoms with Gasteiger partial charge in [0, 0.05) is 11.4 Å². The maximum Gasteiger partial charge on any atom is 0.234 e. The third kappa shape index (κ3) is 5.45. The Bertz CT molecular complexity index is 1150. The van der Waals surface area contributed by atoms with E-state index >= 15 is 0 Å². The van der Waals surface area contributed by atoms with E-state index in [0.29, 0.717) is 16.7 Å². The van der Waals surface area contributed by atoms with Crippen molar-refractivity contribution in [1.82, 2.24) is 14.8 Å². The Hall–Kier alpha value is -3.29. The Morgan fingerprint density at radius 1 is 0.903 bits per heavy atom. The maximum atomic E-state index is 12.4. The predicted octanol–water partition coefficient (Wildman–Crippen LogP) is 5.26. The molecular formula is C23H20ClN5OS. The highest BCUT2D eigenvalue weighted by Gasteiger charge is 2.16. The summed E-state index contributed by atoms with van der Waals surface area (Å²) in [4.78, 5) is 12.4. The summed E-state index contributed by atoms with van der Waals surface area (Å²) in [6.45, 7) is 0.433. The topological polar surface area (TPSA) is 71.8 Å². The van der Waals surface area contributed by atoms with Crippen molar-refractivity contribution < 1.29 is 4.79 Å². The van der Waals surface area contributed by atoms with Crippen LogP contribution in [0, 0.1) is 0 Å². The van der Waals surface area contributed by atoms with Crippen LogP contribution in [0.1, 0.15) is 5.82 Å². The molecular weight excluding hydrogens is 430 g/mol. The molecule has 0 radical (unpaired) electrons. The van der Waals surface area contributed by atoms with Gasteiger partial charge in [-0.2, -0.15) is 0 Å². The minimum absolute atomic E-state index is 0.102. The summed E-state index contributed by atoms with van der Waals surface area (Å²) in [5.74, 6) is 0.837. The molecule has 0 spiro atoms. The Kier molecular flexibility index (Phi) is 6.86.